The van der Waals surface area contributed by atoms with Crippen LogP contribution in [-0.4, -0.2) is 55.0 Å². The minimum Gasteiger partial charge on any atom is -0.469 e. The molecule has 0 radical (unpaired) electrons. The lowest BCUT2D eigenvalue weighted by Crippen LogP contribution is -2.32. The first-order valence-corrected chi connectivity index (χ1v) is 5.65. The van der Waals surface area contributed by atoms with Crippen LogP contribution in [0.3, 0.4) is 0 Å². The molecule has 2 rings (SSSR count). The van der Waals surface area contributed by atoms with E-state index in [9.17, 15) is 9.90 Å². The lowest BCUT2D eigenvalue weighted by molar-refractivity contribution is -0.192. The summed E-state index contributed by atoms with van der Waals surface area (Å²) in [5.41, 5.74) is 0. The fourth-order valence-electron chi connectivity index (χ4n) is 2.33. The Morgan fingerprint density at radius 2 is 1.88 bits per heavy atom. The van der Waals surface area contributed by atoms with Gasteiger partial charge in [0, 0.05) is 0 Å². The molecular weight excluding hydrogens is 228 g/mol. The van der Waals surface area contributed by atoms with Gasteiger partial charge in [0.25, 0.3) is 0 Å². The number of methoxy groups -OCH3 is 1. The lowest BCUT2D eigenvalue weighted by Gasteiger charge is -2.23. The summed E-state index contributed by atoms with van der Waals surface area (Å²) in [6, 6.07) is 0. The Labute approximate surface area is 99.8 Å². The molecule has 17 heavy (non-hydrogen) atoms. The van der Waals surface area contributed by atoms with E-state index in [-0.39, 0.29) is 31.2 Å². The molecule has 1 N–H and O–H groups in total. The summed E-state index contributed by atoms with van der Waals surface area (Å²) in [4.78, 5) is 11.3. The molecular formula is C11H18O6. The van der Waals surface area contributed by atoms with Gasteiger partial charge >= 0.3 is 5.97 Å². The fourth-order valence-corrected chi connectivity index (χ4v) is 2.33. The van der Waals surface area contributed by atoms with Crippen LogP contribution in [-0.2, 0) is 23.7 Å². The predicted molar refractivity (Wildman–Crippen MR) is 56.2 cm³/mol. The Morgan fingerprint density at radius 1 is 1.29 bits per heavy atom. The van der Waals surface area contributed by atoms with Gasteiger partial charge in [-0.15, -0.1) is 0 Å². The number of ether oxygens (including phenoxy) is 4. The van der Waals surface area contributed by atoms with Crippen molar-refractivity contribution in [2.45, 2.75) is 50.5 Å². The molecule has 0 aliphatic carbocycles. The highest BCUT2D eigenvalue weighted by Crippen LogP contribution is 2.39. The summed E-state index contributed by atoms with van der Waals surface area (Å²) in [6.07, 6.45) is -1.43. The summed E-state index contributed by atoms with van der Waals surface area (Å²) in [6.45, 7) is 3.45. The molecule has 6 nitrogen and oxygen atoms in total. The number of aliphatic hydroxyl groups excluding tert-OH is 1. The molecule has 2 aliphatic heterocycles. The van der Waals surface area contributed by atoms with Crippen LogP contribution < -0.4 is 0 Å². The Kier molecular flexibility index (Phi) is 3.40. The van der Waals surface area contributed by atoms with Gasteiger partial charge in [0.1, 0.15) is 18.3 Å². The SMILES string of the molecule is COC(=O)C[C@H]1O[C@@H](CO)[C@@H]2OC(C)(C)O[C@@H]21. The Balaban J connectivity index is 2.07. The highest BCUT2D eigenvalue weighted by molar-refractivity contribution is 5.70. The number of aliphatic hydroxyl groups is 1. The molecule has 0 saturated carbocycles. The lowest BCUT2D eigenvalue weighted by atomic mass is 10.1. The molecule has 2 fully saturated rings. The number of carbonyl (C=O) groups is 1. The monoisotopic (exact) mass is 246 g/mol. The number of fused-ring (bicyclic) bond motifs is 1. The molecule has 0 aromatic heterocycles. The maximum Gasteiger partial charge on any atom is 0.308 e. The Morgan fingerprint density at radius 3 is 2.41 bits per heavy atom. The van der Waals surface area contributed by atoms with Crippen molar-refractivity contribution in [3.05, 3.63) is 0 Å². The molecule has 0 spiro atoms. The molecule has 6 heteroatoms. The summed E-state index contributed by atoms with van der Waals surface area (Å²) in [7, 11) is 1.33. The third kappa shape index (κ3) is 2.44. The topological polar surface area (TPSA) is 74.2 Å². The first-order chi connectivity index (χ1) is 7.96. The van der Waals surface area contributed by atoms with E-state index < -0.39 is 18.0 Å². The highest BCUT2D eigenvalue weighted by Gasteiger charge is 2.55. The van der Waals surface area contributed by atoms with Crippen molar-refractivity contribution in [2.24, 2.45) is 0 Å². The molecule has 0 bridgehead atoms. The number of rotatable bonds is 3. The van der Waals surface area contributed by atoms with Crippen molar-refractivity contribution < 1.29 is 28.8 Å². The van der Waals surface area contributed by atoms with Gasteiger partial charge in [0.05, 0.1) is 26.2 Å². The normalized spacial score (nSPS) is 39.1. The molecule has 2 saturated heterocycles. The van der Waals surface area contributed by atoms with Crippen molar-refractivity contribution in [3.63, 3.8) is 0 Å². The van der Waals surface area contributed by atoms with Gasteiger partial charge in [-0.05, 0) is 13.8 Å². The number of carbonyl (C=O) groups excluding carboxylic acids is 1. The standard InChI is InChI=1S/C11H18O6/c1-11(2)16-9-6(4-8(13)14-3)15-7(5-12)10(9)17-11/h6-7,9-10,12H,4-5H2,1-3H3/t6-,7+,9-,10+/m1/s1. The first kappa shape index (κ1) is 12.8. The van der Waals surface area contributed by atoms with E-state index in [1.54, 1.807) is 13.8 Å². The number of esters is 1. The minimum absolute atomic E-state index is 0.105. The summed E-state index contributed by atoms with van der Waals surface area (Å²) in [5.74, 6) is -1.07. The molecule has 0 amide bonds. The van der Waals surface area contributed by atoms with Crippen LogP contribution in [0.25, 0.3) is 0 Å². The second-order valence-electron chi connectivity index (χ2n) is 4.74. The maximum atomic E-state index is 11.3. The summed E-state index contributed by atoms with van der Waals surface area (Å²) in [5, 5.41) is 9.22. The minimum atomic E-state index is -0.707. The van der Waals surface area contributed by atoms with E-state index in [0.717, 1.165) is 0 Å². The van der Waals surface area contributed by atoms with Crippen LogP contribution in [0, 0.1) is 0 Å². The van der Waals surface area contributed by atoms with Crippen LogP contribution in [0.1, 0.15) is 20.3 Å². The van der Waals surface area contributed by atoms with Crippen molar-refractivity contribution in [1.29, 1.82) is 0 Å². The van der Waals surface area contributed by atoms with Crippen LogP contribution in [0.15, 0.2) is 0 Å². The zero-order valence-electron chi connectivity index (χ0n) is 10.2. The fraction of sp³-hybridized carbons (Fsp3) is 0.909. The van der Waals surface area contributed by atoms with Crippen molar-refractivity contribution in [3.8, 4) is 0 Å². The van der Waals surface area contributed by atoms with Crippen LogP contribution in [0.2, 0.25) is 0 Å². The van der Waals surface area contributed by atoms with Gasteiger partial charge in [-0.25, -0.2) is 0 Å². The van der Waals surface area contributed by atoms with Gasteiger partial charge < -0.3 is 24.1 Å². The third-order valence-electron chi connectivity index (χ3n) is 3.02. The van der Waals surface area contributed by atoms with Crippen molar-refractivity contribution in [2.75, 3.05) is 13.7 Å². The average molecular weight is 246 g/mol. The molecule has 0 aromatic carbocycles. The quantitative estimate of drug-likeness (QED) is 0.697. The van der Waals surface area contributed by atoms with Crippen LogP contribution >= 0.6 is 0 Å². The molecule has 98 valence electrons. The first-order valence-electron chi connectivity index (χ1n) is 5.65. The van der Waals surface area contributed by atoms with Crippen molar-refractivity contribution in [1.82, 2.24) is 0 Å². The summed E-state index contributed by atoms with van der Waals surface area (Å²) < 4.78 is 21.5. The molecule has 2 aliphatic rings. The Bertz CT molecular complexity index is 302. The van der Waals surface area contributed by atoms with Crippen LogP contribution in [0.4, 0.5) is 0 Å². The van der Waals surface area contributed by atoms with E-state index >= 15 is 0 Å². The van der Waals surface area contributed by atoms with Gasteiger partial charge in [0.15, 0.2) is 5.79 Å². The van der Waals surface area contributed by atoms with Crippen LogP contribution in [0.5, 0.6) is 0 Å². The molecule has 2 heterocycles. The smallest absolute Gasteiger partial charge is 0.308 e. The highest BCUT2D eigenvalue weighted by atomic mass is 16.8. The molecule has 0 unspecified atom stereocenters. The van der Waals surface area contributed by atoms with E-state index in [4.69, 9.17) is 14.2 Å². The van der Waals surface area contributed by atoms with Gasteiger partial charge in [-0.1, -0.05) is 0 Å². The third-order valence-corrected chi connectivity index (χ3v) is 3.02. The zero-order valence-corrected chi connectivity index (χ0v) is 10.2. The molecule has 0 aromatic rings. The summed E-state index contributed by atoms with van der Waals surface area (Å²) >= 11 is 0. The maximum absolute atomic E-state index is 11.3. The second-order valence-corrected chi connectivity index (χ2v) is 4.74. The Hall–Kier alpha value is -0.690. The number of hydrogen-bond acceptors (Lipinski definition) is 6. The number of hydrogen-bond donors (Lipinski definition) is 1. The second kappa shape index (κ2) is 4.53. The largest absolute Gasteiger partial charge is 0.469 e. The van der Waals surface area contributed by atoms with E-state index in [2.05, 4.69) is 4.74 Å². The van der Waals surface area contributed by atoms with Gasteiger partial charge in [0.2, 0.25) is 0 Å². The van der Waals surface area contributed by atoms with E-state index in [0.29, 0.717) is 0 Å². The van der Waals surface area contributed by atoms with E-state index in [1.807, 2.05) is 0 Å². The molecule has 4 atom stereocenters. The average Bonchev–Trinajstić information content (AvgIpc) is 2.73. The van der Waals surface area contributed by atoms with Gasteiger partial charge in [-0.3, -0.25) is 4.79 Å². The zero-order chi connectivity index (χ0) is 12.6. The van der Waals surface area contributed by atoms with Gasteiger partial charge in [-0.2, -0.15) is 0 Å². The predicted octanol–water partition coefficient (Wildman–Crippen LogP) is -0.171. The van der Waals surface area contributed by atoms with Crippen molar-refractivity contribution >= 4 is 5.97 Å². The van der Waals surface area contributed by atoms with E-state index in [1.165, 1.54) is 7.11 Å².